The maximum absolute atomic E-state index is 14.1. The minimum Gasteiger partial charge on any atom is -0.480 e. The number of halogens is 2. The molecule has 1 aliphatic heterocycles. The minimum absolute atomic E-state index is 0.0427. The zero-order valence-corrected chi connectivity index (χ0v) is 13.0. The molecule has 1 fully saturated rings. The number of carboxylic acids is 1. The molecule has 9 heteroatoms. The van der Waals surface area contributed by atoms with Gasteiger partial charge in [0.15, 0.2) is 4.90 Å². The van der Waals surface area contributed by atoms with E-state index in [4.69, 9.17) is 5.26 Å². The Bertz CT molecular complexity index is 780. The smallest absolute Gasteiger partial charge is 0.324 e. The van der Waals surface area contributed by atoms with E-state index in [0.29, 0.717) is 29.3 Å². The van der Waals surface area contributed by atoms with Gasteiger partial charge in [0.25, 0.3) is 0 Å². The van der Waals surface area contributed by atoms with E-state index < -0.39 is 38.1 Å². The fourth-order valence-electron chi connectivity index (χ4n) is 2.68. The Balaban J connectivity index is 2.63. The summed E-state index contributed by atoms with van der Waals surface area (Å²) in [5, 5.41) is 18.0. The van der Waals surface area contributed by atoms with Crippen LogP contribution in [0, 0.1) is 23.0 Å². The van der Waals surface area contributed by atoms with Gasteiger partial charge in [-0.25, -0.2) is 17.2 Å². The second-order valence-corrected chi connectivity index (χ2v) is 7.29. The number of benzene rings is 1. The van der Waals surface area contributed by atoms with Gasteiger partial charge in [-0.1, -0.05) is 0 Å². The summed E-state index contributed by atoms with van der Waals surface area (Å²) in [6, 6.07) is 2.74. The van der Waals surface area contributed by atoms with Crippen molar-refractivity contribution in [1.29, 1.82) is 5.26 Å². The van der Waals surface area contributed by atoms with Crippen LogP contribution in [0.15, 0.2) is 17.0 Å². The van der Waals surface area contributed by atoms with Crippen LogP contribution in [0.5, 0.6) is 0 Å². The Morgan fingerprint density at radius 2 is 1.91 bits per heavy atom. The lowest BCUT2D eigenvalue weighted by molar-refractivity contribution is -0.149. The van der Waals surface area contributed by atoms with Crippen molar-refractivity contribution in [2.45, 2.75) is 36.6 Å². The lowest BCUT2D eigenvalue weighted by atomic mass is 9.91. The van der Waals surface area contributed by atoms with Gasteiger partial charge in [0, 0.05) is 6.54 Å². The first kappa shape index (κ1) is 17.3. The highest BCUT2D eigenvalue weighted by atomic mass is 32.2. The van der Waals surface area contributed by atoms with Gasteiger partial charge in [-0.05, 0) is 38.3 Å². The number of nitriles is 1. The highest BCUT2D eigenvalue weighted by Crippen LogP contribution is 2.35. The second kappa shape index (κ2) is 5.86. The highest BCUT2D eigenvalue weighted by Gasteiger charge is 2.49. The van der Waals surface area contributed by atoms with Gasteiger partial charge >= 0.3 is 5.97 Å². The standard InChI is InChI=1S/C14H14F2N2O4S/c1-14(13(19)20)4-2-3-5-18(14)23(21,22)12-10(15)6-9(8-17)7-11(12)16/h6-7H,2-5H2,1H3,(H,19,20). The molecule has 6 nitrogen and oxygen atoms in total. The van der Waals surface area contributed by atoms with Crippen LogP contribution >= 0.6 is 0 Å². The molecule has 1 N–H and O–H groups in total. The van der Waals surface area contributed by atoms with Crippen LogP contribution in [0.2, 0.25) is 0 Å². The van der Waals surface area contributed by atoms with Gasteiger partial charge in [-0.3, -0.25) is 4.79 Å². The molecule has 0 saturated carbocycles. The SMILES string of the molecule is CC1(C(=O)O)CCCCN1S(=O)(=O)c1c(F)cc(C#N)cc1F. The summed E-state index contributed by atoms with van der Waals surface area (Å²) >= 11 is 0. The number of piperidine rings is 1. The number of carboxylic acid groups (broad SMARTS) is 1. The van der Waals surface area contributed by atoms with Crippen molar-refractivity contribution in [3.8, 4) is 6.07 Å². The molecule has 0 radical (unpaired) electrons. The summed E-state index contributed by atoms with van der Waals surface area (Å²) in [6.07, 6.45) is 0.926. The third kappa shape index (κ3) is 2.80. The number of carbonyl (C=O) groups is 1. The fraction of sp³-hybridized carbons (Fsp3) is 0.429. The molecule has 1 heterocycles. The van der Waals surface area contributed by atoms with Gasteiger partial charge < -0.3 is 5.11 Å². The Hall–Kier alpha value is -2.05. The molecule has 23 heavy (non-hydrogen) atoms. The van der Waals surface area contributed by atoms with Crippen LogP contribution in [0.1, 0.15) is 31.7 Å². The van der Waals surface area contributed by atoms with Crippen LogP contribution in [-0.4, -0.2) is 35.9 Å². The van der Waals surface area contributed by atoms with Gasteiger partial charge in [0.05, 0.1) is 11.6 Å². The predicted molar refractivity (Wildman–Crippen MR) is 74.9 cm³/mol. The summed E-state index contributed by atoms with van der Waals surface area (Å²) < 4.78 is 54.0. The van der Waals surface area contributed by atoms with Crippen molar-refractivity contribution >= 4 is 16.0 Å². The molecule has 0 spiro atoms. The van der Waals surface area contributed by atoms with E-state index in [9.17, 15) is 27.1 Å². The van der Waals surface area contributed by atoms with Crippen molar-refractivity contribution in [3.05, 3.63) is 29.3 Å². The summed E-state index contributed by atoms with van der Waals surface area (Å²) in [7, 11) is -4.71. The third-order valence-electron chi connectivity index (χ3n) is 3.96. The van der Waals surface area contributed by atoms with E-state index in [0.717, 1.165) is 0 Å². The molecule has 2 rings (SSSR count). The molecular weight excluding hydrogens is 330 g/mol. The topological polar surface area (TPSA) is 98.5 Å². The summed E-state index contributed by atoms with van der Waals surface area (Å²) in [5.41, 5.74) is -2.14. The van der Waals surface area contributed by atoms with Crippen LogP contribution in [0.3, 0.4) is 0 Å². The molecule has 1 aromatic rings. The Kier molecular flexibility index (Phi) is 4.41. The molecular formula is C14H14F2N2O4S. The number of hydrogen-bond acceptors (Lipinski definition) is 4. The van der Waals surface area contributed by atoms with Crippen molar-refractivity contribution < 1.29 is 27.1 Å². The number of nitrogens with zero attached hydrogens (tertiary/aromatic N) is 2. The molecule has 1 saturated heterocycles. The highest BCUT2D eigenvalue weighted by molar-refractivity contribution is 7.89. The largest absolute Gasteiger partial charge is 0.480 e. The molecule has 0 aliphatic carbocycles. The quantitative estimate of drug-likeness (QED) is 0.902. The maximum atomic E-state index is 14.1. The number of aliphatic carboxylic acids is 1. The molecule has 0 amide bonds. The molecule has 124 valence electrons. The monoisotopic (exact) mass is 344 g/mol. The zero-order chi connectivity index (χ0) is 17.4. The van der Waals surface area contributed by atoms with E-state index >= 15 is 0 Å². The molecule has 0 bridgehead atoms. The zero-order valence-electron chi connectivity index (χ0n) is 12.2. The van der Waals surface area contributed by atoms with E-state index in [2.05, 4.69) is 0 Å². The molecule has 1 atom stereocenters. The predicted octanol–water partition coefficient (Wildman–Crippen LogP) is 1.85. The third-order valence-corrected chi connectivity index (χ3v) is 6.03. The summed E-state index contributed by atoms with van der Waals surface area (Å²) in [5.74, 6) is -4.21. The first-order chi connectivity index (χ1) is 10.6. The van der Waals surface area contributed by atoms with Crippen LogP contribution in [0.4, 0.5) is 8.78 Å². The number of hydrogen-bond donors (Lipinski definition) is 1. The second-order valence-electron chi connectivity index (χ2n) is 5.49. The Labute approximate surface area is 132 Å². The van der Waals surface area contributed by atoms with Crippen molar-refractivity contribution in [2.24, 2.45) is 0 Å². The van der Waals surface area contributed by atoms with Gasteiger partial charge in [0.1, 0.15) is 17.2 Å². The number of sulfonamides is 1. The fourth-order valence-corrected chi connectivity index (χ4v) is 4.58. The van der Waals surface area contributed by atoms with Crippen LogP contribution in [0.25, 0.3) is 0 Å². The lowest BCUT2D eigenvalue weighted by Crippen LogP contribution is -2.57. The number of rotatable bonds is 3. The van der Waals surface area contributed by atoms with E-state index in [1.54, 1.807) is 0 Å². The average molecular weight is 344 g/mol. The average Bonchev–Trinajstić information content (AvgIpc) is 2.46. The van der Waals surface area contributed by atoms with E-state index in [1.165, 1.54) is 13.0 Å². The van der Waals surface area contributed by atoms with E-state index in [-0.39, 0.29) is 18.5 Å². The minimum atomic E-state index is -4.71. The van der Waals surface area contributed by atoms with E-state index in [1.807, 2.05) is 0 Å². The molecule has 1 unspecified atom stereocenters. The Morgan fingerprint density at radius 1 is 1.35 bits per heavy atom. The molecule has 0 aromatic heterocycles. The van der Waals surface area contributed by atoms with Crippen LogP contribution < -0.4 is 0 Å². The Morgan fingerprint density at radius 3 is 2.39 bits per heavy atom. The first-order valence-corrected chi connectivity index (χ1v) is 8.24. The van der Waals surface area contributed by atoms with Crippen molar-refractivity contribution in [2.75, 3.05) is 6.54 Å². The van der Waals surface area contributed by atoms with Crippen molar-refractivity contribution in [1.82, 2.24) is 4.31 Å². The first-order valence-electron chi connectivity index (χ1n) is 6.80. The summed E-state index contributed by atoms with van der Waals surface area (Å²) in [6.45, 7) is 1.06. The molecule has 1 aliphatic rings. The summed E-state index contributed by atoms with van der Waals surface area (Å²) in [4.78, 5) is 10.3. The van der Waals surface area contributed by atoms with Gasteiger partial charge in [-0.15, -0.1) is 0 Å². The van der Waals surface area contributed by atoms with Crippen molar-refractivity contribution in [3.63, 3.8) is 0 Å². The molecule has 1 aromatic carbocycles. The van der Waals surface area contributed by atoms with Gasteiger partial charge in [0.2, 0.25) is 10.0 Å². The van der Waals surface area contributed by atoms with Crippen LogP contribution in [-0.2, 0) is 14.8 Å². The van der Waals surface area contributed by atoms with Gasteiger partial charge in [-0.2, -0.15) is 9.57 Å². The lowest BCUT2D eigenvalue weighted by Gasteiger charge is -2.40. The maximum Gasteiger partial charge on any atom is 0.324 e. The normalized spacial score (nSPS) is 22.5.